The highest BCUT2D eigenvalue weighted by Gasteiger charge is 2.59. The summed E-state index contributed by atoms with van der Waals surface area (Å²) in [6.07, 6.45) is 3.29. The zero-order chi connectivity index (χ0) is 31.3. The maximum absolute atomic E-state index is 12.4. The lowest BCUT2D eigenvalue weighted by Crippen LogP contribution is -2.69. The van der Waals surface area contributed by atoms with Crippen molar-refractivity contribution in [3.8, 4) is 34.8 Å². The van der Waals surface area contributed by atoms with Crippen LogP contribution in [-0.4, -0.2) is 78.9 Å². The number of nitriles is 1. The predicted molar refractivity (Wildman–Crippen MR) is 164 cm³/mol. The number of rotatable bonds is 10. The van der Waals surface area contributed by atoms with Crippen molar-refractivity contribution in [1.82, 2.24) is 9.80 Å². The molecule has 0 spiro atoms. The van der Waals surface area contributed by atoms with Crippen molar-refractivity contribution in [2.75, 3.05) is 40.8 Å². The Labute approximate surface area is 260 Å². The van der Waals surface area contributed by atoms with Crippen molar-refractivity contribution in [1.29, 1.82) is 5.26 Å². The molecule has 1 unspecified atom stereocenters. The number of nitrogens with zero attached hydrogens (tertiary/aromatic N) is 3. The van der Waals surface area contributed by atoms with Crippen LogP contribution in [0.3, 0.4) is 0 Å². The van der Waals surface area contributed by atoms with Gasteiger partial charge in [0.1, 0.15) is 17.9 Å². The van der Waals surface area contributed by atoms with Crippen molar-refractivity contribution < 1.29 is 33.9 Å². The van der Waals surface area contributed by atoms with Crippen LogP contribution in [0.4, 0.5) is 0 Å². The van der Waals surface area contributed by atoms with Gasteiger partial charge in [0.25, 0.3) is 0 Å². The number of ether oxygens (including phenoxy) is 5. The molecule has 10 heteroatoms. The van der Waals surface area contributed by atoms with Gasteiger partial charge >= 0.3 is 0 Å². The number of fused-ring (bicyclic) bond motifs is 9. The maximum atomic E-state index is 12.4. The van der Waals surface area contributed by atoms with E-state index in [1.165, 1.54) is 0 Å². The SMILES string of the molecule is CCCCOC[C@H]1c2c3c(c(C)c(O)c2C(O)[C@H]2[C@H]4c5c(cc(C)c(OC)c5OCCCC)C[C@H]([C@H](C#N)N12)N4C)OCO3. The van der Waals surface area contributed by atoms with Gasteiger partial charge in [-0.3, -0.25) is 9.80 Å². The quantitative estimate of drug-likeness (QED) is 0.357. The summed E-state index contributed by atoms with van der Waals surface area (Å²) in [5, 5.41) is 34.9. The molecular formula is C34H45N3O7. The number of aromatic hydroxyl groups is 1. The minimum atomic E-state index is -1.14. The summed E-state index contributed by atoms with van der Waals surface area (Å²) in [4.78, 5) is 4.36. The van der Waals surface area contributed by atoms with Crippen molar-refractivity contribution >= 4 is 0 Å². The van der Waals surface area contributed by atoms with Crippen LogP contribution in [0.15, 0.2) is 6.07 Å². The average Bonchev–Trinajstić information content (AvgIpc) is 3.50. The highest BCUT2D eigenvalue weighted by molar-refractivity contribution is 5.67. The summed E-state index contributed by atoms with van der Waals surface area (Å²) in [5.41, 5.74) is 4.63. The van der Waals surface area contributed by atoms with E-state index in [-0.39, 0.29) is 31.2 Å². The summed E-state index contributed by atoms with van der Waals surface area (Å²) in [5.74, 6) is 2.36. The number of aliphatic hydroxyl groups excluding tert-OH is 1. The molecule has 0 amide bonds. The molecule has 0 aliphatic carbocycles. The standard InChI is InChI=1S/C34H45N3O7/c1-7-9-11-41-16-23-25-26(29(38)19(4)32-34(25)44-17-43-32)30(39)28-27-24-20(14-21(36(27)5)22(15-35)37(23)28)13-18(3)31(40-6)33(24)42-12-10-8-2/h13,21-23,27-28,30,38-39H,7-12,14,16-17H2,1-6H3/t21-,22+,23+,27-,28-,30?/m1/s1. The fraction of sp³-hybridized carbons (Fsp3) is 0.618. The van der Waals surface area contributed by atoms with Crippen LogP contribution in [0, 0.1) is 25.2 Å². The molecule has 2 aromatic rings. The second-order valence-electron chi connectivity index (χ2n) is 12.5. The molecular weight excluding hydrogens is 562 g/mol. The molecule has 4 aliphatic rings. The van der Waals surface area contributed by atoms with Crippen molar-refractivity contribution in [2.24, 2.45) is 0 Å². The predicted octanol–water partition coefficient (Wildman–Crippen LogP) is 5.00. The van der Waals surface area contributed by atoms with E-state index in [0.29, 0.717) is 59.3 Å². The number of likely N-dealkylation sites (N-methyl/N-ethyl adjacent to an activating group) is 1. The molecule has 2 N–H and O–H groups in total. The van der Waals surface area contributed by atoms with Gasteiger partial charge in [-0.2, -0.15) is 5.26 Å². The van der Waals surface area contributed by atoms with E-state index in [9.17, 15) is 15.5 Å². The van der Waals surface area contributed by atoms with E-state index < -0.39 is 24.2 Å². The number of methoxy groups -OCH3 is 1. The number of piperazine rings is 1. The first-order valence-electron chi connectivity index (χ1n) is 15.9. The summed E-state index contributed by atoms with van der Waals surface area (Å²) < 4.78 is 30.5. The number of phenolic OH excluding ortho intramolecular Hbond substituents is 1. The van der Waals surface area contributed by atoms with Crippen LogP contribution in [0.25, 0.3) is 0 Å². The monoisotopic (exact) mass is 607 g/mol. The highest BCUT2D eigenvalue weighted by atomic mass is 16.7. The topological polar surface area (TPSA) is 117 Å². The van der Waals surface area contributed by atoms with E-state index >= 15 is 0 Å². The molecule has 0 aromatic heterocycles. The largest absolute Gasteiger partial charge is 0.507 e. The van der Waals surface area contributed by atoms with E-state index in [2.05, 4.69) is 35.8 Å². The van der Waals surface area contributed by atoms with Gasteiger partial charge in [-0.1, -0.05) is 32.8 Å². The number of phenols is 1. The van der Waals surface area contributed by atoms with Crippen molar-refractivity contribution in [2.45, 2.75) is 96.1 Å². The zero-order valence-electron chi connectivity index (χ0n) is 26.7. The molecule has 238 valence electrons. The Kier molecular flexibility index (Phi) is 8.59. The molecule has 2 bridgehead atoms. The first kappa shape index (κ1) is 30.8. The number of aryl methyl sites for hydroxylation is 1. The highest BCUT2D eigenvalue weighted by Crippen LogP contribution is 2.61. The van der Waals surface area contributed by atoms with Crippen LogP contribution < -0.4 is 18.9 Å². The molecule has 0 radical (unpaired) electrons. The van der Waals surface area contributed by atoms with Crippen LogP contribution in [-0.2, 0) is 11.2 Å². The Morgan fingerprint density at radius 1 is 1.05 bits per heavy atom. The second-order valence-corrected chi connectivity index (χ2v) is 12.5. The van der Waals surface area contributed by atoms with Crippen LogP contribution >= 0.6 is 0 Å². The summed E-state index contributed by atoms with van der Waals surface area (Å²) in [7, 11) is 3.69. The van der Waals surface area contributed by atoms with E-state index in [0.717, 1.165) is 42.4 Å². The molecule has 44 heavy (non-hydrogen) atoms. The third-order valence-corrected chi connectivity index (χ3v) is 10.00. The lowest BCUT2D eigenvalue weighted by atomic mass is 9.70. The molecule has 1 saturated heterocycles. The smallest absolute Gasteiger partial charge is 0.231 e. The van der Waals surface area contributed by atoms with Gasteiger partial charge in [0.15, 0.2) is 23.0 Å². The maximum Gasteiger partial charge on any atom is 0.231 e. The minimum absolute atomic E-state index is 0.00909. The van der Waals surface area contributed by atoms with Gasteiger partial charge in [0.2, 0.25) is 6.79 Å². The first-order valence-corrected chi connectivity index (χ1v) is 15.9. The fourth-order valence-corrected chi connectivity index (χ4v) is 7.90. The van der Waals surface area contributed by atoms with E-state index in [1.807, 2.05) is 14.0 Å². The lowest BCUT2D eigenvalue weighted by Gasteiger charge is -2.61. The van der Waals surface area contributed by atoms with Gasteiger partial charge in [0.05, 0.1) is 44.5 Å². The Bertz CT molecular complexity index is 1460. The number of hydrogen-bond acceptors (Lipinski definition) is 10. The lowest BCUT2D eigenvalue weighted by molar-refractivity contribution is -0.131. The molecule has 0 saturated carbocycles. The molecule has 1 fully saturated rings. The minimum Gasteiger partial charge on any atom is -0.507 e. The molecule has 6 rings (SSSR count). The van der Waals surface area contributed by atoms with E-state index in [4.69, 9.17) is 23.7 Å². The molecule has 4 aliphatic heterocycles. The van der Waals surface area contributed by atoms with Crippen molar-refractivity contribution in [3.05, 3.63) is 39.4 Å². The molecule has 6 atom stereocenters. The first-order chi connectivity index (χ1) is 21.3. The zero-order valence-corrected chi connectivity index (χ0v) is 26.7. The fourth-order valence-electron chi connectivity index (χ4n) is 7.90. The second kappa shape index (κ2) is 12.3. The molecule has 2 aromatic carbocycles. The van der Waals surface area contributed by atoms with Crippen LogP contribution in [0.5, 0.6) is 28.7 Å². The van der Waals surface area contributed by atoms with Crippen LogP contribution in [0.1, 0.15) is 91.1 Å². The summed E-state index contributed by atoms with van der Waals surface area (Å²) in [6.45, 7) is 9.46. The third kappa shape index (κ3) is 4.59. The van der Waals surface area contributed by atoms with Gasteiger partial charge in [-0.15, -0.1) is 0 Å². The number of benzene rings is 2. The van der Waals surface area contributed by atoms with Gasteiger partial charge in [-0.25, -0.2) is 0 Å². The summed E-state index contributed by atoms with van der Waals surface area (Å²) >= 11 is 0. The Balaban J connectivity index is 1.58. The van der Waals surface area contributed by atoms with Gasteiger partial charge in [-0.05, 0) is 51.3 Å². The summed E-state index contributed by atoms with van der Waals surface area (Å²) in [6, 6.07) is 2.63. The van der Waals surface area contributed by atoms with Gasteiger partial charge < -0.3 is 33.9 Å². The van der Waals surface area contributed by atoms with E-state index in [1.54, 1.807) is 14.0 Å². The van der Waals surface area contributed by atoms with Crippen LogP contribution in [0.2, 0.25) is 0 Å². The molecule has 10 nitrogen and oxygen atoms in total. The third-order valence-electron chi connectivity index (χ3n) is 10.00. The number of aliphatic hydroxyl groups is 1. The Morgan fingerprint density at radius 3 is 2.48 bits per heavy atom. The Morgan fingerprint density at radius 2 is 1.77 bits per heavy atom. The van der Waals surface area contributed by atoms with Crippen molar-refractivity contribution in [3.63, 3.8) is 0 Å². The number of hydrogen-bond donors (Lipinski definition) is 2. The number of unbranched alkanes of at least 4 members (excludes halogenated alkanes) is 2. The van der Waals surface area contributed by atoms with Gasteiger partial charge in [0, 0.05) is 34.9 Å². The normalized spacial score (nSPS) is 26.9. The Hall–Kier alpha value is -3.23. The molecule has 4 heterocycles. The average molecular weight is 608 g/mol.